The van der Waals surface area contributed by atoms with E-state index in [2.05, 4.69) is 26.6 Å². The molecule has 1 amide bonds. The molecule has 170 valence electrons. The van der Waals surface area contributed by atoms with Gasteiger partial charge in [-0.05, 0) is 30.7 Å². The first-order valence-electron chi connectivity index (χ1n) is 10.2. The van der Waals surface area contributed by atoms with E-state index in [1.54, 1.807) is 55.7 Å². The summed E-state index contributed by atoms with van der Waals surface area (Å²) < 4.78 is 19.6. The summed E-state index contributed by atoms with van der Waals surface area (Å²) in [5, 5.41) is 11.2. The Hall–Kier alpha value is -4.34. The summed E-state index contributed by atoms with van der Waals surface area (Å²) in [6.45, 7) is 2.66. The number of nitrogens with zero attached hydrogens (tertiary/aromatic N) is 5. The number of hydrogen-bond acceptors (Lipinski definition) is 7. The lowest BCUT2D eigenvalue weighted by Gasteiger charge is -2.13. The molecule has 0 bridgehead atoms. The van der Waals surface area contributed by atoms with Crippen LogP contribution in [0.2, 0.25) is 0 Å². The SMILES string of the molecule is COc1cccc(OC)c1OCn1ccc(C(=O)Nc2ncn(Cc3cccc(C)c3)n2)n1. The quantitative estimate of drug-likeness (QED) is 0.419. The molecule has 0 aliphatic heterocycles. The van der Waals surface area contributed by atoms with Gasteiger partial charge in [-0.3, -0.25) is 10.1 Å². The number of aryl methyl sites for hydroxylation is 1. The van der Waals surface area contributed by atoms with Crippen LogP contribution in [0.1, 0.15) is 21.6 Å². The van der Waals surface area contributed by atoms with E-state index in [-0.39, 0.29) is 18.4 Å². The van der Waals surface area contributed by atoms with Crippen LogP contribution in [-0.4, -0.2) is 44.7 Å². The highest BCUT2D eigenvalue weighted by molar-refractivity contribution is 6.01. The summed E-state index contributed by atoms with van der Waals surface area (Å²) in [4.78, 5) is 16.7. The number of rotatable bonds is 9. The van der Waals surface area contributed by atoms with E-state index in [0.717, 1.165) is 5.56 Å². The molecule has 33 heavy (non-hydrogen) atoms. The molecule has 0 spiro atoms. The van der Waals surface area contributed by atoms with Gasteiger partial charge in [-0.1, -0.05) is 35.9 Å². The second-order valence-electron chi connectivity index (χ2n) is 7.21. The van der Waals surface area contributed by atoms with Crippen LogP contribution in [0.25, 0.3) is 0 Å². The maximum Gasteiger partial charge on any atom is 0.278 e. The number of carbonyl (C=O) groups is 1. The van der Waals surface area contributed by atoms with Crippen molar-refractivity contribution in [3.8, 4) is 17.2 Å². The van der Waals surface area contributed by atoms with E-state index >= 15 is 0 Å². The number of aromatic nitrogens is 5. The Balaban J connectivity index is 1.36. The molecular formula is C23H24N6O4. The topological polar surface area (TPSA) is 105 Å². The predicted octanol–water partition coefficient (Wildman–Crippen LogP) is 3.14. The van der Waals surface area contributed by atoms with Crippen LogP contribution in [0.5, 0.6) is 17.2 Å². The van der Waals surface area contributed by atoms with Gasteiger partial charge in [0.25, 0.3) is 5.91 Å². The lowest BCUT2D eigenvalue weighted by atomic mass is 10.1. The van der Waals surface area contributed by atoms with Crippen molar-refractivity contribution in [1.82, 2.24) is 24.5 Å². The van der Waals surface area contributed by atoms with Crippen LogP contribution in [0.3, 0.4) is 0 Å². The Kier molecular flexibility index (Phi) is 6.53. The van der Waals surface area contributed by atoms with E-state index in [1.807, 2.05) is 25.1 Å². The standard InChI is InChI=1S/C23H24N6O4/c1-16-6-4-7-17(12-16)13-29-14-24-23(27-29)25-22(30)18-10-11-28(26-18)15-33-21-19(31-2)8-5-9-20(21)32-3/h4-12,14H,13,15H2,1-3H3,(H,25,27,30). The lowest BCUT2D eigenvalue weighted by Crippen LogP contribution is -2.15. The number of ether oxygens (including phenoxy) is 3. The summed E-state index contributed by atoms with van der Waals surface area (Å²) in [6.07, 6.45) is 3.21. The van der Waals surface area contributed by atoms with E-state index < -0.39 is 5.91 Å². The number of para-hydroxylation sites is 1. The van der Waals surface area contributed by atoms with E-state index in [4.69, 9.17) is 14.2 Å². The average Bonchev–Trinajstić information content (AvgIpc) is 3.47. The number of benzene rings is 2. The maximum absolute atomic E-state index is 12.6. The second-order valence-corrected chi connectivity index (χ2v) is 7.21. The summed E-state index contributed by atoms with van der Waals surface area (Å²) in [5.41, 5.74) is 2.48. The fourth-order valence-corrected chi connectivity index (χ4v) is 3.24. The van der Waals surface area contributed by atoms with Crippen molar-refractivity contribution in [3.63, 3.8) is 0 Å². The monoisotopic (exact) mass is 448 g/mol. The van der Waals surface area contributed by atoms with Gasteiger partial charge in [-0.25, -0.2) is 14.3 Å². The molecule has 10 nitrogen and oxygen atoms in total. The molecule has 4 rings (SSSR count). The van der Waals surface area contributed by atoms with E-state index in [1.165, 1.54) is 10.2 Å². The number of hydrogen-bond donors (Lipinski definition) is 1. The summed E-state index contributed by atoms with van der Waals surface area (Å²) in [7, 11) is 3.10. The van der Waals surface area contributed by atoms with Crippen molar-refractivity contribution in [2.24, 2.45) is 0 Å². The Morgan fingerprint density at radius 2 is 1.76 bits per heavy atom. The molecule has 0 aliphatic carbocycles. The minimum Gasteiger partial charge on any atom is -0.493 e. The van der Waals surface area contributed by atoms with Crippen molar-refractivity contribution in [2.45, 2.75) is 20.2 Å². The smallest absolute Gasteiger partial charge is 0.278 e. The fourth-order valence-electron chi connectivity index (χ4n) is 3.24. The normalized spacial score (nSPS) is 10.6. The van der Waals surface area contributed by atoms with E-state index in [0.29, 0.717) is 23.8 Å². The van der Waals surface area contributed by atoms with Crippen LogP contribution in [0.4, 0.5) is 5.95 Å². The van der Waals surface area contributed by atoms with Gasteiger partial charge in [0, 0.05) is 6.20 Å². The average molecular weight is 448 g/mol. The largest absolute Gasteiger partial charge is 0.493 e. The van der Waals surface area contributed by atoms with Gasteiger partial charge in [-0.2, -0.15) is 5.10 Å². The van der Waals surface area contributed by atoms with Crippen LogP contribution >= 0.6 is 0 Å². The second kappa shape index (κ2) is 9.86. The van der Waals surface area contributed by atoms with Crippen LogP contribution in [-0.2, 0) is 13.3 Å². The number of anilines is 1. The van der Waals surface area contributed by atoms with Gasteiger partial charge >= 0.3 is 0 Å². The van der Waals surface area contributed by atoms with Gasteiger partial charge in [-0.15, -0.1) is 5.10 Å². The van der Waals surface area contributed by atoms with Crippen LogP contribution in [0, 0.1) is 6.92 Å². The molecule has 0 atom stereocenters. The highest BCUT2D eigenvalue weighted by atomic mass is 16.5. The zero-order valence-corrected chi connectivity index (χ0v) is 18.6. The van der Waals surface area contributed by atoms with Crippen LogP contribution < -0.4 is 19.5 Å². The molecule has 2 aromatic heterocycles. The van der Waals surface area contributed by atoms with Crippen molar-refractivity contribution < 1.29 is 19.0 Å². The molecule has 0 unspecified atom stereocenters. The van der Waals surface area contributed by atoms with Gasteiger partial charge in [0.15, 0.2) is 23.9 Å². The van der Waals surface area contributed by atoms with Gasteiger partial charge in [0.1, 0.15) is 6.33 Å². The molecule has 0 aliphatic rings. The first-order valence-corrected chi connectivity index (χ1v) is 10.2. The predicted molar refractivity (Wildman–Crippen MR) is 121 cm³/mol. The third-order valence-corrected chi connectivity index (χ3v) is 4.79. The van der Waals surface area contributed by atoms with E-state index in [9.17, 15) is 4.79 Å². The van der Waals surface area contributed by atoms with Crippen molar-refractivity contribution in [1.29, 1.82) is 0 Å². The fraction of sp³-hybridized carbons (Fsp3) is 0.217. The molecule has 2 aromatic carbocycles. The molecule has 10 heteroatoms. The van der Waals surface area contributed by atoms with Crippen molar-refractivity contribution >= 4 is 11.9 Å². The summed E-state index contributed by atoms with van der Waals surface area (Å²) in [6, 6.07) is 15.0. The van der Waals surface area contributed by atoms with Gasteiger partial charge in [0.2, 0.25) is 11.7 Å². The highest BCUT2D eigenvalue weighted by Crippen LogP contribution is 2.36. The van der Waals surface area contributed by atoms with Crippen LogP contribution in [0.15, 0.2) is 61.1 Å². The summed E-state index contributed by atoms with van der Waals surface area (Å²) in [5.74, 6) is 1.31. The summed E-state index contributed by atoms with van der Waals surface area (Å²) >= 11 is 0. The molecule has 1 N–H and O–H groups in total. The molecule has 4 aromatic rings. The third kappa shape index (κ3) is 5.29. The van der Waals surface area contributed by atoms with Gasteiger partial charge < -0.3 is 14.2 Å². The Bertz CT molecular complexity index is 1230. The molecule has 0 saturated carbocycles. The zero-order valence-electron chi connectivity index (χ0n) is 18.6. The highest BCUT2D eigenvalue weighted by Gasteiger charge is 2.15. The number of amides is 1. The molecule has 2 heterocycles. The first kappa shape index (κ1) is 21.9. The van der Waals surface area contributed by atoms with Crippen molar-refractivity contribution in [3.05, 3.63) is 77.9 Å². The third-order valence-electron chi connectivity index (χ3n) is 4.79. The lowest BCUT2D eigenvalue weighted by molar-refractivity contribution is 0.101. The Morgan fingerprint density at radius 1 is 1.00 bits per heavy atom. The number of nitrogens with one attached hydrogen (secondary N) is 1. The molecule has 0 fully saturated rings. The van der Waals surface area contributed by atoms with Gasteiger partial charge in [0.05, 0.1) is 20.8 Å². The maximum atomic E-state index is 12.6. The minimum absolute atomic E-state index is 0.0629. The first-order chi connectivity index (χ1) is 16.1. The zero-order chi connectivity index (χ0) is 23.2. The Morgan fingerprint density at radius 3 is 2.48 bits per heavy atom. The molecular weight excluding hydrogens is 424 g/mol. The number of methoxy groups -OCH3 is 2. The van der Waals surface area contributed by atoms with Crippen molar-refractivity contribution in [2.75, 3.05) is 19.5 Å². The molecule has 0 saturated heterocycles. The Labute approximate surface area is 190 Å². The molecule has 0 radical (unpaired) electrons. The number of carbonyl (C=O) groups excluding carboxylic acids is 1. The minimum atomic E-state index is -0.420.